The van der Waals surface area contributed by atoms with Gasteiger partial charge in [-0.05, 0) is 31.2 Å². The number of amides is 2. The van der Waals surface area contributed by atoms with E-state index in [1.54, 1.807) is 42.7 Å². The lowest BCUT2D eigenvalue weighted by Crippen LogP contribution is -2.30. The number of nitrogens with zero attached hydrogens (tertiary/aromatic N) is 5. The molecule has 3 aromatic heterocycles. The lowest BCUT2D eigenvalue weighted by molar-refractivity contribution is -0.119. The molecule has 0 aliphatic heterocycles. The minimum atomic E-state index is -0.315. The number of rotatable bonds is 7. The number of hydrogen-bond acceptors (Lipinski definition) is 7. The van der Waals surface area contributed by atoms with Crippen LogP contribution in [0.4, 0.5) is 5.69 Å². The Morgan fingerprint density at radius 3 is 2.67 bits per heavy atom. The van der Waals surface area contributed by atoms with E-state index in [2.05, 4.69) is 15.3 Å². The zero-order chi connectivity index (χ0) is 23.5. The molecule has 1 atom stereocenters. The first kappa shape index (κ1) is 22.6. The molecule has 0 spiro atoms. The monoisotopic (exact) mass is 464 g/mol. The number of imidazole rings is 1. The molecular weight excluding hydrogens is 440 g/mol. The number of methoxy groups -OCH3 is 1. The van der Waals surface area contributed by atoms with Crippen LogP contribution in [0, 0.1) is 0 Å². The van der Waals surface area contributed by atoms with Gasteiger partial charge >= 0.3 is 0 Å². The third-order valence-electron chi connectivity index (χ3n) is 5.41. The summed E-state index contributed by atoms with van der Waals surface area (Å²) in [5, 5.41) is 5.52. The van der Waals surface area contributed by atoms with E-state index in [9.17, 15) is 9.59 Å². The van der Waals surface area contributed by atoms with Crippen molar-refractivity contribution in [3.8, 4) is 11.4 Å². The molecule has 4 aromatic rings. The van der Waals surface area contributed by atoms with Crippen molar-refractivity contribution in [3.63, 3.8) is 0 Å². The fourth-order valence-electron chi connectivity index (χ4n) is 3.65. The Balaban J connectivity index is 1.83. The van der Waals surface area contributed by atoms with E-state index in [0.29, 0.717) is 28.1 Å². The molecular formula is C23H24N6O3S. The van der Waals surface area contributed by atoms with Crippen molar-refractivity contribution in [2.24, 2.45) is 7.05 Å². The molecule has 3 heterocycles. The first-order chi connectivity index (χ1) is 15.9. The predicted molar refractivity (Wildman–Crippen MR) is 127 cm³/mol. The van der Waals surface area contributed by atoms with Crippen molar-refractivity contribution < 1.29 is 14.3 Å². The van der Waals surface area contributed by atoms with Crippen LogP contribution in [0.25, 0.3) is 22.4 Å². The molecule has 0 radical (unpaired) electrons. The number of fused-ring (bicyclic) bond motifs is 1. The van der Waals surface area contributed by atoms with E-state index in [1.165, 1.54) is 18.4 Å². The highest BCUT2D eigenvalue weighted by molar-refractivity contribution is 7.09. The summed E-state index contributed by atoms with van der Waals surface area (Å²) in [5.41, 5.74) is 3.05. The zero-order valence-electron chi connectivity index (χ0n) is 18.8. The molecule has 4 rings (SSSR count). The highest BCUT2D eigenvalue weighted by atomic mass is 32.1. The average molecular weight is 465 g/mol. The number of carbonyl (C=O) groups is 2. The van der Waals surface area contributed by atoms with Gasteiger partial charge in [0, 0.05) is 56.4 Å². The third kappa shape index (κ3) is 4.48. The van der Waals surface area contributed by atoms with E-state index in [-0.39, 0.29) is 24.5 Å². The maximum Gasteiger partial charge on any atom is 0.256 e. The van der Waals surface area contributed by atoms with E-state index >= 15 is 0 Å². The zero-order valence-corrected chi connectivity index (χ0v) is 19.6. The lowest BCUT2D eigenvalue weighted by Gasteiger charge is -2.24. The standard InChI is InChI=1S/C23H24N6O3S/c1-14(22-25-9-10-33-22)28(2)23(31)17-11-16(26-19(30)13-32-4)12-18-20(17)29(3)21(27-18)15-5-7-24-8-6-15/h5-12,14H,13H2,1-4H3,(H,26,30)/t14-/m0/s1. The maximum absolute atomic E-state index is 13.7. The van der Waals surface area contributed by atoms with Gasteiger partial charge in [0.2, 0.25) is 5.91 Å². The van der Waals surface area contributed by atoms with Gasteiger partial charge in [0.15, 0.2) is 0 Å². The maximum atomic E-state index is 13.7. The molecule has 0 saturated carbocycles. The SMILES string of the molecule is COCC(=O)Nc1cc(C(=O)N(C)[C@@H](C)c2nccs2)c2c(c1)nc(-c1ccncc1)n2C. The number of ether oxygens (including phenoxy) is 1. The summed E-state index contributed by atoms with van der Waals surface area (Å²) >= 11 is 1.50. The van der Waals surface area contributed by atoms with Crippen molar-refractivity contribution in [2.75, 3.05) is 26.1 Å². The van der Waals surface area contributed by atoms with Gasteiger partial charge < -0.3 is 19.5 Å². The largest absolute Gasteiger partial charge is 0.375 e. The highest BCUT2D eigenvalue weighted by Gasteiger charge is 2.25. The molecule has 0 aliphatic carbocycles. The second kappa shape index (κ2) is 9.47. The van der Waals surface area contributed by atoms with Crippen molar-refractivity contribution >= 4 is 39.9 Å². The van der Waals surface area contributed by atoms with Crippen LogP contribution in [0.3, 0.4) is 0 Å². The van der Waals surface area contributed by atoms with Gasteiger partial charge in [-0.3, -0.25) is 14.6 Å². The van der Waals surface area contributed by atoms with Gasteiger partial charge in [0.05, 0.1) is 22.6 Å². The summed E-state index contributed by atoms with van der Waals surface area (Å²) < 4.78 is 6.80. The Hall–Kier alpha value is -3.63. The Bertz CT molecular complexity index is 1290. The van der Waals surface area contributed by atoms with E-state index in [4.69, 9.17) is 9.72 Å². The van der Waals surface area contributed by atoms with Crippen LogP contribution in [0.15, 0.2) is 48.2 Å². The quantitative estimate of drug-likeness (QED) is 0.449. The smallest absolute Gasteiger partial charge is 0.256 e. The van der Waals surface area contributed by atoms with Crippen molar-refractivity contribution in [2.45, 2.75) is 13.0 Å². The minimum Gasteiger partial charge on any atom is -0.375 e. The molecule has 10 heteroatoms. The van der Waals surface area contributed by atoms with E-state index in [0.717, 1.165) is 10.6 Å². The second-order valence-electron chi connectivity index (χ2n) is 7.57. The van der Waals surface area contributed by atoms with Gasteiger partial charge in [0.25, 0.3) is 5.91 Å². The number of pyridine rings is 1. The second-order valence-corrected chi connectivity index (χ2v) is 8.49. The molecule has 2 amide bonds. The fraction of sp³-hybridized carbons (Fsp3) is 0.261. The Labute approximate surface area is 195 Å². The van der Waals surface area contributed by atoms with Gasteiger partial charge in [-0.2, -0.15) is 0 Å². The third-order valence-corrected chi connectivity index (χ3v) is 6.35. The summed E-state index contributed by atoms with van der Waals surface area (Å²) in [7, 11) is 5.07. The summed E-state index contributed by atoms with van der Waals surface area (Å²) in [4.78, 5) is 40.6. The summed E-state index contributed by atoms with van der Waals surface area (Å²) in [5.74, 6) is 0.178. The Kier molecular flexibility index (Phi) is 6.47. The average Bonchev–Trinajstić information content (AvgIpc) is 3.46. The molecule has 170 valence electrons. The molecule has 1 N–H and O–H groups in total. The summed E-state index contributed by atoms with van der Waals surface area (Å²) in [6, 6.07) is 6.95. The number of thiazole rings is 1. The normalized spacial score (nSPS) is 12.0. The van der Waals surface area contributed by atoms with Crippen LogP contribution < -0.4 is 5.32 Å². The Morgan fingerprint density at radius 2 is 2.00 bits per heavy atom. The number of hydrogen-bond donors (Lipinski definition) is 1. The van der Waals surface area contributed by atoms with E-state index in [1.807, 2.05) is 36.1 Å². The number of aromatic nitrogens is 4. The van der Waals surface area contributed by atoms with E-state index < -0.39 is 0 Å². The number of carbonyl (C=O) groups excluding carboxylic acids is 2. The van der Waals surface area contributed by atoms with Gasteiger partial charge in [-0.25, -0.2) is 9.97 Å². The molecule has 0 bridgehead atoms. The van der Waals surface area contributed by atoms with Crippen molar-refractivity contribution in [3.05, 3.63) is 58.8 Å². The summed E-state index contributed by atoms with van der Waals surface area (Å²) in [6.45, 7) is 1.84. The minimum absolute atomic E-state index is 0.0905. The number of benzene rings is 1. The lowest BCUT2D eigenvalue weighted by atomic mass is 10.1. The van der Waals surface area contributed by atoms with Crippen LogP contribution in [0.5, 0.6) is 0 Å². The van der Waals surface area contributed by atoms with Crippen LogP contribution in [0.1, 0.15) is 28.3 Å². The van der Waals surface area contributed by atoms with Gasteiger partial charge in [0.1, 0.15) is 17.4 Å². The first-order valence-electron chi connectivity index (χ1n) is 10.3. The Morgan fingerprint density at radius 1 is 1.24 bits per heavy atom. The number of aryl methyl sites for hydroxylation is 1. The first-order valence-corrected chi connectivity index (χ1v) is 11.1. The predicted octanol–water partition coefficient (Wildman–Crippen LogP) is 3.51. The van der Waals surface area contributed by atoms with Crippen LogP contribution in [0.2, 0.25) is 0 Å². The molecule has 0 saturated heterocycles. The molecule has 0 fully saturated rings. The summed E-state index contributed by atoms with van der Waals surface area (Å²) in [6.07, 6.45) is 5.11. The number of nitrogens with one attached hydrogen (secondary N) is 1. The number of anilines is 1. The fourth-order valence-corrected chi connectivity index (χ4v) is 4.38. The molecule has 0 aliphatic rings. The molecule has 1 aromatic carbocycles. The molecule has 9 nitrogen and oxygen atoms in total. The topological polar surface area (TPSA) is 102 Å². The van der Waals surface area contributed by atoms with Gasteiger partial charge in [-0.1, -0.05) is 0 Å². The van der Waals surface area contributed by atoms with Crippen molar-refractivity contribution in [1.82, 2.24) is 24.4 Å². The molecule has 33 heavy (non-hydrogen) atoms. The van der Waals surface area contributed by atoms with Gasteiger partial charge in [-0.15, -0.1) is 11.3 Å². The highest BCUT2D eigenvalue weighted by Crippen LogP contribution is 2.31. The van der Waals surface area contributed by atoms with Crippen LogP contribution >= 0.6 is 11.3 Å². The molecule has 0 unspecified atom stereocenters. The van der Waals surface area contributed by atoms with Crippen LogP contribution in [-0.2, 0) is 16.6 Å². The van der Waals surface area contributed by atoms with Crippen LogP contribution in [-0.4, -0.2) is 57.0 Å². The van der Waals surface area contributed by atoms with Crippen molar-refractivity contribution in [1.29, 1.82) is 0 Å².